The first-order chi connectivity index (χ1) is 10.9. The van der Waals surface area contributed by atoms with Crippen molar-refractivity contribution in [3.63, 3.8) is 0 Å². The molecule has 0 aromatic carbocycles. The molecule has 1 aromatic heterocycles. The molecule has 0 spiro atoms. The van der Waals surface area contributed by atoms with Gasteiger partial charge in [-0.2, -0.15) is 0 Å². The molecule has 1 aliphatic carbocycles. The third-order valence-corrected chi connectivity index (χ3v) is 5.35. The van der Waals surface area contributed by atoms with Crippen LogP contribution in [0.1, 0.15) is 114 Å². The van der Waals surface area contributed by atoms with Crippen LogP contribution in [0.15, 0.2) is 18.3 Å². The lowest BCUT2D eigenvalue weighted by molar-refractivity contribution is 0.496. The Morgan fingerprint density at radius 3 is 2.36 bits per heavy atom. The molecular weight excluding hydrogens is 266 g/mol. The van der Waals surface area contributed by atoms with E-state index in [4.69, 9.17) is 4.98 Å². The van der Waals surface area contributed by atoms with Gasteiger partial charge in [-0.05, 0) is 43.2 Å². The first-order valence-corrected chi connectivity index (χ1v) is 9.81. The summed E-state index contributed by atoms with van der Waals surface area (Å²) in [6.45, 7) is 4.64. The predicted molar refractivity (Wildman–Crippen MR) is 96.5 cm³/mol. The van der Waals surface area contributed by atoms with Crippen LogP contribution in [0.2, 0.25) is 0 Å². The summed E-state index contributed by atoms with van der Waals surface area (Å²) in [5, 5.41) is 0. The molecule has 1 aliphatic rings. The van der Waals surface area contributed by atoms with E-state index >= 15 is 0 Å². The van der Waals surface area contributed by atoms with E-state index < -0.39 is 0 Å². The Hall–Kier alpha value is -0.850. The zero-order chi connectivity index (χ0) is 15.6. The summed E-state index contributed by atoms with van der Waals surface area (Å²) in [6.07, 6.45) is 18.4. The van der Waals surface area contributed by atoms with Crippen LogP contribution in [-0.2, 0) is 0 Å². The smallest absolute Gasteiger partial charge is 0.0469 e. The Bertz CT molecular complexity index is 412. The van der Waals surface area contributed by atoms with Gasteiger partial charge in [0.2, 0.25) is 0 Å². The lowest BCUT2D eigenvalue weighted by atomic mass is 9.83. The molecule has 1 aromatic rings. The average molecular weight is 302 g/mol. The van der Waals surface area contributed by atoms with Crippen LogP contribution in [0.5, 0.6) is 0 Å². The van der Waals surface area contributed by atoms with Gasteiger partial charge < -0.3 is 0 Å². The Balaban J connectivity index is 2.27. The number of rotatable bonds is 5. The highest BCUT2D eigenvalue weighted by Crippen LogP contribution is 2.36. The fraction of sp³-hybridized carbons (Fsp3) is 0.762. The van der Waals surface area contributed by atoms with Crippen molar-refractivity contribution < 1.29 is 0 Å². The van der Waals surface area contributed by atoms with E-state index in [9.17, 15) is 0 Å². The minimum absolute atomic E-state index is 0.702. The van der Waals surface area contributed by atoms with E-state index in [0.717, 1.165) is 5.92 Å². The number of hydrogen-bond acceptors (Lipinski definition) is 1. The van der Waals surface area contributed by atoms with Gasteiger partial charge in [-0.25, -0.2) is 0 Å². The lowest BCUT2D eigenvalue weighted by Gasteiger charge is -2.24. The zero-order valence-corrected chi connectivity index (χ0v) is 14.8. The minimum atomic E-state index is 0.702. The summed E-state index contributed by atoms with van der Waals surface area (Å²) in [4.78, 5) is 4.89. The summed E-state index contributed by atoms with van der Waals surface area (Å²) in [6, 6.07) is 4.55. The normalized spacial score (nSPS) is 23.5. The molecule has 2 atom stereocenters. The molecule has 0 aliphatic heterocycles. The maximum atomic E-state index is 4.89. The van der Waals surface area contributed by atoms with Crippen LogP contribution >= 0.6 is 0 Å². The third kappa shape index (κ3) is 5.11. The molecule has 0 radical (unpaired) electrons. The van der Waals surface area contributed by atoms with Gasteiger partial charge in [-0.15, -0.1) is 0 Å². The number of hydrogen-bond donors (Lipinski definition) is 0. The second-order valence-electron chi connectivity index (χ2n) is 7.15. The number of nitrogens with zero attached hydrogens (tertiary/aromatic N) is 1. The number of fused-ring (bicyclic) bond motifs is 1. The highest BCUT2D eigenvalue weighted by atomic mass is 14.7. The summed E-state index contributed by atoms with van der Waals surface area (Å²) < 4.78 is 0. The molecule has 0 bridgehead atoms. The second kappa shape index (κ2) is 10.0. The molecule has 124 valence electrons. The van der Waals surface area contributed by atoms with Gasteiger partial charge in [0.1, 0.15) is 0 Å². The van der Waals surface area contributed by atoms with Crippen LogP contribution in [-0.4, -0.2) is 4.98 Å². The Labute approximate surface area is 137 Å². The van der Waals surface area contributed by atoms with Gasteiger partial charge in [0.05, 0.1) is 0 Å². The average Bonchev–Trinajstić information content (AvgIpc) is 2.58. The fourth-order valence-corrected chi connectivity index (χ4v) is 4.10. The van der Waals surface area contributed by atoms with Crippen LogP contribution in [0.25, 0.3) is 0 Å². The van der Waals surface area contributed by atoms with Crippen molar-refractivity contribution in [2.45, 2.75) is 103 Å². The Morgan fingerprint density at radius 2 is 1.64 bits per heavy atom. The van der Waals surface area contributed by atoms with Crippen molar-refractivity contribution in [1.82, 2.24) is 4.98 Å². The van der Waals surface area contributed by atoms with Crippen molar-refractivity contribution >= 4 is 0 Å². The van der Waals surface area contributed by atoms with E-state index in [1.807, 2.05) is 6.20 Å². The van der Waals surface area contributed by atoms with Gasteiger partial charge in [0, 0.05) is 17.8 Å². The summed E-state index contributed by atoms with van der Waals surface area (Å²) >= 11 is 0. The molecule has 2 unspecified atom stereocenters. The van der Waals surface area contributed by atoms with E-state index in [-0.39, 0.29) is 0 Å². The molecule has 2 rings (SSSR count). The standard InChI is InChI=1S/C21H35N/c1-3-5-13-19-15-10-8-6-7-9-14-18(12-4-2)20-16-11-17-22-21(19)20/h11,16-19H,3-10,12-15H2,1-2H3. The van der Waals surface area contributed by atoms with E-state index in [2.05, 4.69) is 26.0 Å². The lowest BCUT2D eigenvalue weighted by Crippen LogP contribution is -2.10. The molecule has 22 heavy (non-hydrogen) atoms. The number of unbranched alkanes of at least 4 members (excludes halogenated alkanes) is 1. The van der Waals surface area contributed by atoms with Crippen molar-refractivity contribution in [1.29, 1.82) is 0 Å². The van der Waals surface area contributed by atoms with Crippen LogP contribution in [0.3, 0.4) is 0 Å². The first kappa shape index (κ1) is 17.5. The van der Waals surface area contributed by atoms with Gasteiger partial charge in [0.15, 0.2) is 0 Å². The molecule has 0 saturated heterocycles. The molecule has 0 N–H and O–H groups in total. The summed E-state index contributed by atoms with van der Waals surface area (Å²) in [7, 11) is 0. The Morgan fingerprint density at radius 1 is 0.909 bits per heavy atom. The number of aromatic nitrogens is 1. The fourth-order valence-electron chi connectivity index (χ4n) is 4.10. The molecule has 0 fully saturated rings. The summed E-state index contributed by atoms with van der Waals surface area (Å²) in [5.41, 5.74) is 3.05. The molecular formula is C21H35N. The van der Waals surface area contributed by atoms with Crippen molar-refractivity contribution in [2.24, 2.45) is 0 Å². The SMILES string of the molecule is CCCCC1CCCCCCCC(CCC)c2cccnc21. The monoisotopic (exact) mass is 301 g/mol. The highest BCUT2D eigenvalue weighted by Gasteiger charge is 2.21. The van der Waals surface area contributed by atoms with Gasteiger partial charge >= 0.3 is 0 Å². The van der Waals surface area contributed by atoms with Gasteiger partial charge in [-0.1, -0.05) is 71.3 Å². The first-order valence-electron chi connectivity index (χ1n) is 9.81. The molecule has 0 amide bonds. The van der Waals surface area contributed by atoms with Crippen LogP contribution in [0.4, 0.5) is 0 Å². The van der Waals surface area contributed by atoms with E-state index in [1.54, 1.807) is 5.56 Å². The maximum Gasteiger partial charge on any atom is 0.0469 e. The molecule has 1 heterocycles. The Kier molecular flexibility index (Phi) is 7.98. The van der Waals surface area contributed by atoms with Gasteiger partial charge in [-0.3, -0.25) is 4.98 Å². The molecule has 1 heteroatoms. The zero-order valence-electron chi connectivity index (χ0n) is 14.8. The molecule has 0 saturated carbocycles. The van der Waals surface area contributed by atoms with Crippen LogP contribution < -0.4 is 0 Å². The summed E-state index contributed by atoms with van der Waals surface area (Å²) in [5.74, 6) is 1.45. The number of pyridine rings is 1. The molecule has 1 nitrogen and oxygen atoms in total. The topological polar surface area (TPSA) is 12.9 Å². The quantitative estimate of drug-likeness (QED) is 0.571. The van der Waals surface area contributed by atoms with Crippen LogP contribution in [0, 0.1) is 0 Å². The minimum Gasteiger partial charge on any atom is -0.261 e. The third-order valence-electron chi connectivity index (χ3n) is 5.35. The maximum absolute atomic E-state index is 4.89. The van der Waals surface area contributed by atoms with E-state index in [0.29, 0.717) is 5.92 Å². The van der Waals surface area contributed by atoms with Crippen molar-refractivity contribution in [3.05, 3.63) is 29.6 Å². The highest BCUT2D eigenvalue weighted by molar-refractivity contribution is 5.27. The largest absolute Gasteiger partial charge is 0.261 e. The predicted octanol–water partition coefficient (Wildman–Crippen LogP) is 6.98. The van der Waals surface area contributed by atoms with E-state index in [1.165, 1.54) is 82.7 Å². The second-order valence-corrected chi connectivity index (χ2v) is 7.15. The van der Waals surface area contributed by atoms with Crippen molar-refractivity contribution in [2.75, 3.05) is 0 Å². The van der Waals surface area contributed by atoms with Crippen molar-refractivity contribution in [3.8, 4) is 0 Å². The van der Waals surface area contributed by atoms with Gasteiger partial charge in [0.25, 0.3) is 0 Å².